The summed E-state index contributed by atoms with van der Waals surface area (Å²) in [5, 5.41) is 4.00. The van der Waals surface area contributed by atoms with Gasteiger partial charge in [0, 0.05) is 25.5 Å². The average molecular weight is 262 g/mol. The fourth-order valence-electron chi connectivity index (χ4n) is 1.14. The Balaban J connectivity index is 2.23. The van der Waals surface area contributed by atoms with E-state index >= 15 is 0 Å². The fraction of sp³-hybridized carbons (Fsp3) is 0.500. The Morgan fingerprint density at radius 1 is 1.56 bits per heavy atom. The quantitative estimate of drug-likeness (QED) is 0.510. The second-order valence-corrected chi connectivity index (χ2v) is 5.57. The molecule has 16 heavy (non-hydrogen) atoms. The lowest BCUT2D eigenvalue weighted by Crippen LogP contribution is -2.33. The SMILES string of the molecule is NC(=S)CS(=O)(=O)NCCCn1cccn1. The molecule has 8 heteroatoms. The summed E-state index contributed by atoms with van der Waals surface area (Å²) >= 11 is 4.53. The number of aryl methyl sites for hydroxylation is 1. The summed E-state index contributed by atoms with van der Waals surface area (Å²) in [7, 11) is -3.37. The smallest absolute Gasteiger partial charge is 0.218 e. The molecule has 0 aliphatic heterocycles. The van der Waals surface area contributed by atoms with Crippen LogP contribution in [0, 0.1) is 0 Å². The van der Waals surface area contributed by atoms with Crippen molar-refractivity contribution in [3.63, 3.8) is 0 Å². The van der Waals surface area contributed by atoms with Gasteiger partial charge in [0.05, 0.1) is 4.99 Å². The summed E-state index contributed by atoms with van der Waals surface area (Å²) in [5.41, 5.74) is 5.16. The van der Waals surface area contributed by atoms with Gasteiger partial charge in [0.1, 0.15) is 5.75 Å². The van der Waals surface area contributed by atoms with Gasteiger partial charge < -0.3 is 5.73 Å². The lowest BCUT2D eigenvalue weighted by atomic mass is 10.4. The molecule has 0 aliphatic rings. The zero-order valence-corrected chi connectivity index (χ0v) is 10.3. The number of nitrogens with two attached hydrogens (primary N) is 1. The zero-order chi connectivity index (χ0) is 12.0. The van der Waals surface area contributed by atoms with Gasteiger partial charge in [-0.1, -0.05) is 12.2 Å². The van der Waals surface area contributed by atoms with E-state index in [0.717, 1.165) is 0 Å². The van der Waals surface area contributed by atoms with Crippen molar-refractivity contribution < 1.29 is 8.42 Å². The van der Waals surface area contributed by atoms with Gasteiger partial charge in [-0.15, -0.1) is 0 Å². The molecule has 0 bridgehead atoms. The monoisotopic (exact) mass is 262 g/mol. The maximum atomic E-state index is 11.3. The van der Waals surface area contributed by atoms with E-state index in [4.69, 9.17) is 5.73 Å². The molecule has 0 saturated heterocycles. The summed E-state index contributed by atoms with van der Waals surface area (Å²) < 4.78 is 26.8. The van der Waals surface area contributed by atoms with Gasteiger partial charge in [0.2, 0.25) is 10.0 Å². The molecular weight excluding hydrogens is 248 g/mol. The van der Waals surface area contributed by atoms with Crippen LogP contribution in [0.5, 0.6) is 0 Å². The highest BCUT2D eigenvalue weighted by Crippen LogP contribution is 1.90. The lowest BCUT2D eigenvalue weighted by molar-refractivity contribution is 0.555. The Labute approximate surface area is 99.9 Å². The average Bonchev–Trinajstić information content (AvgIpc) is 2.62. The highest BCUT2D eigenvalue weighted by molar-refractivity contribution is 7.92. The van der Waals surface area contributed by atoms with Crippen LogP contribution in [0.15, 0.2) is 18.5 Å². The summed E-state index contributed by atoms with van der Waals surface area (Å²) in [6, 6.07) is 1.82. The third-order valence-corrected chi connectivity index (χ3v) is 3.44. The van der Waals surface area contributed by atoms with Crippen LogP contribution in [-0.2, 0) is 16.6 Å². The molecule has 1 aromatic heterocycles. The first kappa shape index (κ1) is 13.1. The van der Waals surface area contributed by atoms with Crippen molar-refractivity contribution in [1.82, 2.24) is 14.5 Å². The molecule has 0 spiro atoms. The van der Waals surface area contributed by atoms with E-state index in [1.165, 1.54) is 0 Å². The first-order valence-electron chi connectivity index (χ1n) is 4.73. The molecule has 0 fully saturated rings. The largest absolute Gasteiger partial charge is 0.392 e. The van der Waals surface area contributed by atoms with Gasteiger partial charge >= 0.3 is 0 Å². The predicted molar refractivity (Wildman–Crippen MR) is 65.4 cm³/mol. The van der Waals surface area contributed by atoms with Crippen LogP contribution < -0.4 is 10.5 Å². The lowest BCUT2D eigenvalue weighted by Gasteiger charge is -2.05. The van der Waals surface area contributed by atoms with Crippen LogP contribution in [-0.4, -0.2) is 35.5 Å². The van der Waals surface area contributed by atoms with Gasteiger partial charge in [0.15, 0.2) is 0 Å². The number of nitrogens with one attached hydrogen (secondary N) is 1. The van der Waals surface area contributed by atoms with Gasteiger partial charge in [-0.25, -0.2) is 13.1 Å². The molecule has 0 unspecified atom stereocenters. The van der Waals surface area contributed by atoms with Crippen LogP contribution in [0.1, 0.15) is 6.42 Å². The molecular formula is C8H14N4O2S2. The Bertz CT molecular complexity index is 427. The first-order chi connectivity index (χ1) is 7.49. The van der Waals surface area contributed by atoms with Crippen LogP contribution in [0.25, 0.3) is 0 Å². The number of aromatic nitrogens is 2. The maximum Gasteiger partial charge on any atom is 0.218 e. The molecule has 0 saturated carbocycles. The number of rotatable bonds is 7. The predicted octanol–water partition coefficient (Wildman–Crippen LogP) is -0.521. The third kappa shape index (κ3) is 5.19. The number of nitrogens with zero attached hydrogens (tertiary/aromatic N) is 2. The van der Waals surface area contributed by atoms with Crippen molar-refractivity contribution in [3.05, 3.63) is 18.5 Å². The Morgan fingerprint density at radius 3 is 2.88 bits per heavy atom. The minimum Gasteiger partial charge on any atom is -0.392 e. The molecule has 0 amide bonds. The number of sulfonamides is 1. The molecule has 0 aromatic carbocycles. The highest BCUT2D eigenvalue weighted by atomic mass is 32.2. The van der Waals surface area contributed by atoms with Crippen molar-refractivity contribution in [2.45, 2.75) is 13.0 Å². The Kier molecular flexibility index (Phi) is 4.84. The standard InChI is InChI=1S/C8H14N4O2S2/c9-8(15)7-16(13,14)11-4-2-6-12-5-1-3-10-12/h1,3,5,11H,2,4,6-7H2,(H2,9,15). The Morgan fingerprint density at radius 2 is 2.31 bits per heavy atom. The molecule has 1 rings (SSSR count). The van der Waals surface area contributed by atoms with Crippen LogP contribution in [0.4, 0.5) is 0 Å². The van der Waals surface area contributed by atoms with Crippen molar-refractivity contribution in [2.24, 2.45) is 5.73 Å². The first-order valence-corrected chi connectivity index (χ1v) is 6.79. The number of thiocarbonyl (C=S) groups is 1. The molecule has 6 nitrogen and oxygen atoms in total. The van der Waals surface area contributed by atoms with E-state index in [2.05, 4.69) is 22.0 Å². The van der Waals surface area contributed by atoms with E-state index in [1.54, 1.807) is 10.9 Å². The van der Waals surface area contributed by atoms with E-state index in [0.29, 0.717) is 19.5 Å². The van der Waals surface area contributed by atoms with Crippen molar-refractivity contribution >= 4 is 27.2 Å². The third-order valence-electron chi connectivity index (χ3n) is 1.78. The summed E-state index contributed by atoms with van der Waals surface area (Å²) in [6.45, 7) is 1.02. The second-order valence-electron chi connectivity index (χ2n) is 3.24. The molecule has 0 atom stereocenters. The second kappa shape index (κ2) is 5.92. The van der Waals surface area contributed by atoms with E-state index in [9.17, 15) is 8.42 Å². The summed E-state index contributed by atoms with van der Waals surface area (Å²) in [6.07, 6.45) is 4.17. The van der Waals surface area contributed by atoms with Crippen LogP contribution >= 0.6 is 12.2 Å². The summed E-state index contributed by atoms with van der Waals surface area (Å²) in [5.74, 6) is -0.301. The fourth-order valence-corrected chi connectivity index (χ4v) is 2.54. The van der Waals surface area contributed by atoms with Gasteiger partial charge in [-0.05, 0) is 12.5 Å². The molecule has 1 aromatic rings. The number of hydrogen-bond donors (Lipinski definition) is 2. The van der Waals surface area contributed by atoms with E-state index in [-0.39, 0.29) is 10.7 Å². The van der Waals surface area contributed by atoms with Gasteiger partial charge in [-0.3, -0.25) is 4.68 Å². The van der Waals surface area contributed by atoms with E-state index < -0.39 is 10.0 Å². The molecule has 3 N–H and O–H groups in total. The van der Waals surface area contributed by atoms with Crippen molar-refractivity contribution in [3.8, 4) is 0 Å². The van der Waals surface area contributed by atoms with Crippen molar-refractivity contribution in [1.29, 1.82) is 0 Å². The Hall–Kier alpha value is -0.990. The van der Waals surface area contributed by atoms with Crippen molar-refractivity contribution in [2.75, 3.05) is 12.3 Å². The topological polar surface area (TPSA) is 90.0 Å². The molecule has 1 heterocycles. The molecule has 0 aliphatic carbocycles. The van der Waals surface area contributed by atoms with Gasteiger partial charge in [-0.2, -0.15) is 5.10 Å². The minimum atomic E-state index is -3.37. The zero-order valence-electron chi connectivity index (χ0n) is 8.67. The maximum absolute atomic E-state index is 11.3. The minimum absolute atomic E-state index is 0.0282. The molecule has 90 valence electrons. The molecule has 0 radical (unpaired) electrons. The van der Waals surface area contributed by atoms with Gasteiger partial charge in [0.25, 0.3) is 0 Å². The normalized spacial score (nSPS) is 11.5. The summed E-state index contributed by atoms with van der Waals surface area (Å²) in [4.78, 5) is -0.0282. The van der Waals surface area contributed by atoms with E-state index in [1.807, 2.05) is 12.3 Å². The van der Waals surface area contributed by atoms with Crippen LogP contribution in [0.2, 0.25) is 0 Å². The van der Waals surface area contributed by atoms with Crippen LogP contribution in [0.3, 0.4) is 0 Å². The highest BCUT2D eigenvalue weighted by Gasteiger charge is 2.10. The number of hydrogen-bond acceptors (Lipinski definition) is 4.